The summed E-state index contributed by atoms with van der Waals surface area (Å²) in [4.78, 5) is 102. The predicted octanol–water partition coefficient (Wildman–Crippen LogP) is 13.9. The van der Waals surface area contributed by atoms with E-state index in [1.807, 2.05) is 77.7 Å². The molecule has 0 aliphatic carbocycles. The first-order valence-electron chi connectivity index (χ1n) is 37.5. The monoisotopic (exact) mass is 1570 g/mol. The lowest BCUT2D eigenvalue weighted by molar-refractivity contribution is -0.151. The van der Waals surface area contributed by atoms with Crippen LogP contribution in [0.15, 0.2) is 207 Å². The average molecular weight is 1580 g/mol. The second kappa shape index (κ2) is 36.1. The summed E-state index contributed by atoms with van der Waals surface area (Å²) in [5.74, 6) is -2.63. The zero-order valence-electron chi connectivity index (χ0n) is 62.9. The Kier molecular flexibility index (Phi) is 25.5. The minimum absolute atomic E-state index is 0.00658. The molecular weight excluding hydrogens is 1490 g/mol. The number of aromatic hydroxyl groups is 1. The summed E-state index contributed by atoms with van der Waals surface area (Å²) in [7, 11) is -7.67. The summed E-state index contributed by atoms with van der Waals surface area (Å²) in [6, 6.07) is 55.6. The summed E-state index contributed by atoms with van der Waals surface area (Å²) >= 11 is 0. The standard InChI is InChI=1S/C49H48FN4O8P.C36H38FN4O8P/c1-3-59-49(57)34(2)61-63(58,62-39-18-11-6-12-19-39)31-30-52-26-28-53(29-27-52)47(55)42-40-20-13-25-51-44(40)46(60-45(36-14-7-4-8-15-36)37-16-9-5-10-17-37)43-41(42)33-54(48(43)56)32-35-21-23-38(50)24-22-35;1-3-47-36(45)24(2)48-50(46,49-27-8-5-4-6-9-27)21-20-39-16-18-40(19-17-39)34(43)30-28-10-7-15-38-32(28)33(42)31-29(30)23-41(35(31)44)22-25-11-13-26(37)14-12-25/h4-25,34,45H,3,26-33H2,1-2H3;4-15,24,42H,3,16-23H2,1-2H3/t34-,63?;24-,50?/m00/s1. The molecule has 2 unspecified atom stereocenters. The highest BCUT2D eigenvalue weighted by Gasteiger charge is 2.43. The number of carbonyl (C=O) groups excluding carboxylic acids is 6. The number of aromatic nitrogens is 2. The van der Waals surface area contributed by atoms with Crippen molar-refractivity contribution in [1.29, 1.82) is 0 Å². The molecule has 4 amide bonds. The number of rotatable bonds is 28. The Labute approximate surface area is 652 Å². The number of amides is 4. The maximum absolute atomic E-state index is 15.0. The number of fused-ring (bicyclic) bond motifs is 4. The minimum atomic E-state index is -3.85. The minimum Gasteiger partial charge on any atom is -0.505 e. The number of pyridine rings is 2. The molecule has 1 N–H and O–H groups in total. The van der Waals surface area contributed by atoms with E-state index in [4.69, 9.17) is 37.3 Å². The number of phenolic OH excluding ortho intramolecular Hbond substituents is 1. The highest BCUT2D eigenvalue weighted by atomic mass is 31.2. The molecule has 4 aliphatic rings. The van der Waals surface area contributed by atoms with E-state index in [1.165, 1.54) is 49.2 Å². The zero-order chi connectivity index (χ0) is 79.3. The number of nitrogens with zero attached hydrogens (tertiary/aromatic N) is 8. The number of piperazine rings is 2. The van der Waals surface area contributed by atoms with E-state index in [0.717, 1.165) is 16.7 Å². The fourth-order valence-corrected chi connectivity index (χ4v) is 17.8. The van der Waals surface area contributed by atoms with Gasteiger partial charge in [0.15, 0.2) is 23.7 Å². The molecule has 2 fully saturated rings. The third kappa shape index (κ3) is 18.8. The molecule has 8 aromatic carbocycles. The van der Waals surface area contributed by atoms with Crippen LogP contribution in [0.1, 0.15) is 109 Å². The van der Waals surface area contributed by atoms with E-state index >= 15 is 0 Å². The number of halogens is 2. The molecule has 2 aromatic heterocycles. The number of hydrogen-bond acceptors (Lipinski definition) is 20. The molecule has 6 heterocycles. The summed E-state index contributed by atoms with van der Waals surface area (Å²) < 4.78 is 95.9. The van der Waals surface area contributed by atoms with Crippen LogP contribution in [-0.4, -0.2) is 183 Å². The van der Waals surface area contributed by atoms with E-state index in [0.29, 0.717) is 121 Å². The number of phenols is 1. The Morgan fingerprint density at radius 2 is 0.867 bits per heavy atom. The van der Waals surface area contributed by atoms with Gasteiger partial charge in [0, 0.05) is 126 Å². The number of benzene rings is 8. The van der Waals surface area contributed by atoms with Gasteiger partial charge in [0.05, 0.1) is 47.8 Å². The third-order valence-electron chi connectivity index (χ3n) is 20.0. The summed E-state index contributed by atoms with van der Waals surface area (Å²) in [5.41, 5.74) is 5.71. The number of hydrogen-bond donors (Lipinski definition) is 1. The Balaban J connectivity index is 0.000000203. The zero-order valence-corrected chi connectivity index (χ0v) is 64.7. The van der Waals surface area contributed by atoms with Crippen molar-refractivity contribution < 1.29 is 84.1 Å². The molecular formula is C85H86F2N8O16P2. The summed E-state index contributed by atoms with van der Waals surface area (Å²) in [5, 5.41) is 12.2. The lowest BCUT2D eigenvalue weighted by Gasteiger charge is -2.36. The van der Waals surface area contributed by atoms with Crippen molar-refractivity contribution in [2.24, 2.45) is 0 Å². The molecule has 0 radical (unpaired) electrons. The number of para-hydroxylation sites is 2. The van der Waals surface area contributed by atoms with Crippen molar-refractivity contribution in [3.8, 4) is 23.0 Å². The van der Waals surface area contributed by atoms with Crippen molar-refractivity contribution in [2.45, 2.75) is 72.2 Å². The van der Waals surface area contributed by atoms with Crippen LogP contribution in [0, 0.1) is 11.6 Å². The molecule has 24 nitrogen and oxygen atoms in total. The van der Waals surface area contributed by atoms with Crippen LogP contribution in [0.25, 0.3) is 21.8 Å². The average Bonchev–Trinajstić information content (AvgIpc) is 1.63. The molecule has 4 atom stereocenters. The van der Waals surface area contributed by atoms with Crippen LogP contribution in [0.5, 0.6) is 23.0 Å². The molecule has 14 rings (SSSR count). The molecule has 2 saturated heterocycles. The third-order valence-corrected chi connectivity index (χ3v) is 23.7. The molecule has 113 heavy (non-hydrogen) atoms. The number of esters is 2. The maximum Gasteiger partial charge on any atom is 0.381 e. The van der Waals surface area contributed by atoms with E-state index < -0.39 is 51.3 Å². The smallest absolute Gasteiger partial charge is 0.381 e. The summed E-state index contributed by atoms with van der Waals surface area (Å²) in [6.07, 6.45) is 0.280. The van der Waals surface area contributed by atoms with Crippen LogP contribution >= 0.6 is 15.2 Å². The van der Waals surface area contributed by atoms with E-state index in [9.17, 15) is 51.8 Å². The van der Waals surface area contributed by atoms with Crippen molar-refractivity contribution in [3.63, 3.8) is 0 Å². The number of carbonyl (C=O) groups is 6. The van der Waals surface area contributed by atoms with Gasteiger partial charge in [0.25, 0.3) is 23.6 Å². The van der Waals surface area contributed by atoms with Crippen molar-refractivity contribution in [3.05, 3.63) is 274 Å². The van der Waals surface area contributed by atoms with Crippen LogP contribution in [0.4, 0.5) is 8.78 Å². The second-order valence-corrected chi connectivity index (χ2v) is 31.7. The van der Waals surface area contributed by atoms with Gasteiger partial charge in [-0.25, -0.2) is 27.5 Å². The van der Waals surface area contributed by atoms with Crippen LogP contribution in [-0.2, 0) is 63.4 Å². The predicted molar refractivity (Wildman–Crippen MR) is 419 cm³/mol. The van der Waals surface area contributed by atoms with Crippen molar-refractivity contribution >= 4 is 72.6 Å². The fraction of sp³-hybridized carbons (Fsp3) is 0.294. The molecule has 586 valence electrons. The second-order valence-electron chi connectivity index (χ2n) is 27.6. The van der Waals surface area contributed by atoms with Crippen LogP contribution < -0.4 is 13.8 Å². The first-order chi connectivity index (χ1) is 54.7. The van der Waals surface area contributed by atoms with Gasteiger partial charge in [-0.1, -0.05) is 133 Å². The Hall–Kier alpha value is -11.2. The maximum atomic E-state index is 15.0. The molecule has 4 aliphatic heterocycles. The Morgan fingerprint density at radius 3 is 1.28 bits per heavy atom. The van der Waals surface area contributed by atoms with Crippen molar-refractivity contribution in [1.82, 2.24) is 39.4 Å². The van der Waals surface area contributed by atoms with Gasteiger partial charge in [0.1, 0.15) is 40.3 Å². The largest absolute Gasteiger partial charge is 0.505 e. The molecule has 0 saturated carbocycles. The Morgan fingerprint density at radius 1 is 0.487 bits per heavy atom. The lowest BCUT2D eigenvalue weighted by atomic mass is 9.94. The molecule has 0 spiro atoms. The van der Waals surface area contributed by atoms with Gasteiger partial charge in [-0.15, -0.1) is 0 Å². The van der Waals surface area contributed by atoms with Crippen LogP contribution in [0.2, 0.25) is 0 Å². The quantitative estimate of drug-likeness (QED) is 0.0353. The van der Waals surface area contributed by atoms with Crippen LogP contribution in [0.3, 0.4) is 0 Å². The van der Waals surface area contributed by atoms with Gasteiger partial charge in [-0.2, -0.15) is 0 Å². The SMILES string of the molecule is CCOC(=O)[C@H](C)OP(=O)(CCN1CCN(C(=O)c2c3c(c(O)c4ncccc24)C(=O)N(Cc2ccc(F)cc2)C3)CC1)Oc1ccccc1.CCOC(=O)[C@H](C)OP(=O)(CCN1CCN(C(=O)c2c3c(c(OC(c4ccccc4)c4ccccc4)c4ncccc24)C(=O)N(Cc2ccc(F)cc2)C3)CC1)Oc1ccccc1. The first-order valence-corrected chi connectivity index (χ1v) is 40.9. The van der Waals surface area contributed by atoms with Crippen molar-refractivity contribution in [2.75, 3.05) is 91.0 Å². The highest BCUT2D eigenvalue weighted by Crippen LogP contribution is 2.52. The van der Waals surface area contributed by atoms with E-state index in [2.05, 4.69) is 9.88 Å². The van der Waals surface area contributed by atoms with Gasteiger partial charge in [0.2, 0.25) is 0 Å². The fourth-order valence-electron chi connectivity index (χ4n) is 14.3. The molecule has 0 bridgehead atoms. The topological polar surface area (TPSA) is 267 Å². The Bertz CT molecular complexity index is 5150. The van der Waals surface area contributed by atoms with E-state index in [-0.39, 0.29) is 109 Å². The van der Waals surface area contributed by atoms with Gasteiger partial charge in [-0.3, -0.25) is 48.0 Å². The number of ether oxygens (including phenoxy) is 3. The van der Waals surface area contributed by atoms with E-state index in [1.54, 1.807) is 132 Å². The highest BCUT2D eigenvalue weighted by molar-refractivity contribution is 7.54. The lowest BCUT2D eigenvalue weighted by Crippen LogP contribution is -2.49. The van der Waals surface area contributed by atoms with Gasteiger partial charge in [-0.05, 0) is 111 Å². The molecule has 10 aromatic rings. The van der Waals surface area contributed by atoms with Gasteiger partial charge < -0.3 is 48.0 Å². The first kappa shape index (κ1) is 79.8. The molecule has 28 heteroatoms. The summed E-state index contributed by atoms with van der Waals surface area (Å²) in [6.45, 7) is 11.0. The normalized spacial score (nSPS) is 16.0. The van der Waals surface area contributed by atoms with Gasteiger partial charge >= 0.3 is 27.1 Å².